The van der Waals surface area contributed by atoms with Gasteiger partial charge in [-0.05, 0) is 18.6 Å². The maximum Gasteiger partial charge on any atom is 0.516 e. The van der Waals surface area contributed by atoms with Gasteiger partial charge in [-0.2, -0.15) is 8.42 Å². The van der Waals surface area contributed by atoms with Crippen LogP contribution in [-0.4, -0.2) is 62.9 Å². The van der Waals surface area contributed by atoms with Crippen molar-refractivity contribution in [2.75, 3.05) is 18.9 Å². The van der Waals surface area contributed by atoms with E-state index < -0.39 is 52.6 Å². The number of esters is 1. The number of hydrogen-bond donors (Lipinski definition) is 2. The molecule has 1 rings (SSSR count). The van der Waals surface area contributed by atoms with Crippen LogP contribution in [0.25, 0.3) is 0 Å². The minimum atomic E-state index is -3.95. The summed E-state index contributed by atoms with van der Waals surface area (Å²) in [4.78, 5) is 35.3. The maximum absolute atomic E-state index is 12.5. The van der Waals surface area contributed by atoms with Gasteiger partial charge < -0.3 is 24.6 Å². The van der Waals surface area contributed by atoms with Crippen LogP contribution in [0.1, 0.15) is 41.0 Å². The van der Waals surface area contributed by atoms with Gasteiger partial charge in [-0.25, -0.2) is 9.59 Å². The summed E-state index contributed by atoms with van der Waals surface area (Å²) < 4.78 is 44.3. The number of amides is 1. The number of rotatable bonds is 13. The van der Waals surface area contributed by atoms with Crippen LogP contribution in [0.5, 0.6) is 5.75 Å². The van der Waals surface area contributed by atoms with E-state index in [9.17, 15) is 27.9 Å². The Balaban J connectivity index is 2.64. The van der Waals surface area contributed by atoms with Gasteiger partial charge in [0.15, 0.2) is 6.10 Å². The molecule has 0 aliphatic heterocycles. The van der Waals surface area contributed by atoms with Crippen molar-refractivity contribution < 1.29 is 46.3 Å². The second-order valence-electron chi connectivity index (χ2n) is 8.58. The molecule has 2 atom stereocenters. The van der Waals surface area contributed by atoms with Crippen molar-refractivity contribution in [1.82, 2.24) is 5.32 Å². The molecule has 0 saturated carbocycles. The first-order valence-corrected chi connectivity index (χ1v) is 12.2. The first-order chi connectivity index (χ1) is 15.7. The molecule has 2 N–H and O–H groups in total. The van der Waals surface area contributed by atoms with E-state index in [4.69, 9.17) is 18.4 Å². The van der Waals surface area contributed by atoms with Crippen molar-refractivity contribution in [3.63, 3.8) is 0 Å². The Labute approximate surface area is 199 Å². The summed E-state index contributed by atoms with van der Waals surface area (Å²) in [6.07, 6.45) is -4.09. The van der Waals surface area contributed by atoms with Gasteiger partial charge in [0, 0.05) is 24.8 Å². The van der Waals surface area contributed by atoms with Crippen molar-refractivity contribution in [1.29, 1.82) is 0 Å². The molecular formula is C22H33NO10S. The topological polar surface area (TPSA) is 155 Å². The van der Waals surface area contributed by atoms with Gasteiger partial charge in [-0.1, -0.05) is 45.9 Å². The van der Waals surface area contributed by atoms with Crippen LogP contribution in [0.15, 0.2) is 30.3 Å². The minimum Gasteiger partial charge on any atom is -0.423 e. The average molecular weight is 504 g/mol. The largest absolute Gasteiger partial charge is 0.516 e. The molecule has 0 spiro atoms. The van der Waals surface area contributed by atoms with Crippen LogP contribution in [0, 0.1) is 11.3 Å². The number of aliphatic hydroxyl groups excluding tert-OH is 1. The van der Waals surface area contributed by atoms with Crippen molar-refractivity contribution in [3.05, 3.63) is 30.3 Å². The van der Waals surface area contributed by atoms with Gasteiger partial charge in [0.25, 0.3) is 16.4 Å². The molecule has 0 radical (unpaired) electrons. The van der Waals surface area contributed by atoms with Gasteiger partial charge in [-0.15, -0.1) is 0 Å². The second-order valence-corrected chi connectivity index (χ2v) is 10.3. The van der Waals surface area contributed by atoms with E-state index in [0.29, 0.717) is 0 Å². The van der Waals surface area contributed by atoms with Gasteiger partial charge >= 0.3 is 12.1 Å². The lowest BCUT2D eigenvalue weighted by Crippen LogP contribution is -2.44. The fourth-order valence-corrected chi connectivity index (χ4v) is 3.49. The zero-order valence-corrected chi connectivity index (χ0v) is 20.8. The maximum atomic E-state index is 12.5. The summed E-state index contributed by atoms with van der Waals surface area (Å²) in [5.41, 5.74) is -1.35. The Morgan fingerprint density at radius 2 is 1.71 bits per heavy atom. The van der Waals surface area contributed by atoms with E-state index in [1.165, 1.54) is 32.9 Å². The van der Waals surface area contributed by atoms with E-state index in [0.717, 1.165) is 0 Å². The van der Waals surface area contributed by atoms with Crippen LogP contribution >= 0.6 is 0 Å². The molecule has 1 unspecified atom stereocenters. The van der Waals surface area contributed by atoms with E-state index in [1.807, 2.05) is 0 Å². The average Bonchev–Trinajstić information content (AvgIpc) is 2.75. The quantitative estimate of drug-likeness (QED) is 0.134. The first kappa shape index (κ1) is 29.3. The Morgan fingerprint density at radius 1 is 1.09 bits per heavy atom. The highest BCUT2D eigenvalue weighted by molar-refractivity contribution is 7.86. The van der Waals surface area contributed by atoms with Gasteiger partial charge in [0.05, 0.1) is 12.4 Å². The molecule has 1 amide bonds. The lowest BCUT2D eigenvalue weighted by atomic mass is 9.87. The number of aliphatic hydroxyl groups is 1. The van der Waals surface area contributed by atoms with Crippen LogP contribution in [0.4, 0.5) is 4.79 Å². The highest BCUT2D eigenvalue weighted by Crippen LogP contribution is 2.25. The Bertz CT molecular complexity index is 915. The lowest BCUT2D eigenvalue weighted by Gasteiger charge is -2.30. The van der Waals surface area contributed by atoms with Crippen molar-refractivity contribution in [2.24, 2.45) is 11.3 Å². The molecule has 0 heterocycles. The Hall–Kier alpha value is -2.70. The second kappa shape index (κ2) is 13.3. The summed E-state index contributed by atoms with van der Waals surface area (Å²) in [6.45, 7) is 7.06. The molecule has 0 saturated heterocycles. The fraction of sp³-hybridized carbons (Fsp3) is 0.591. The zero-order valence-electron chi connectivity index (χ0n) is 20.0. The normalized spacial score (nSPS) is 13.6. The van der Waals surface area contributed by atoms with Crippen LogP contribution < -0.4 is 10.1 Å². The number of nitrogens with one attached hydrogen (secondary N) is 1. The highest BCUT2D eigenvalue weighted by atomic mass is 32.2. The molecule has 12 heteroatoms. The van der Waals surface area contributed by atoms with Gasteiger partial charge in [0.2, 0.25) is 5.91 Å². The molecule has 0 fully saturated rings. The summed E-state index contributed by atoms with van der Waals surface area (Å²) in [6, 6.07) is 8.13. The number of carbonyl (C=O) groups excluding carboxylic acids is 3. The van der Waals surface area contributed by atoms with Crippen LogP contribution in [0.3, 0.4) is 0 Å². The Morgan fingerprint density at radius 3 is 2.26 bits per heavy atom. The van der Waals surface area contributed by atoms with Gasteiger partial charge in [0.1, 0.15) is 5.75 Å². The number of hydrogen-bond acceptors (Lipinski definition) is 10. The molecule has 0 aliphatic carbocycles. The standard InChI is InChI=1S/C22H33NO10S/c1-15(2)20(33-21(27)31-17-10-7-6-8-11-17)32-19(26)18(25)22(4,5)14-30-34(28,29)13-9-12-23-16(3)24/h6-8,10-11,15,18,20,25H,9,12-14H2,1-5H3,(H,23,24)/t18-,20?/m0/s1. The summed E-state index contributed by atoms with van der Waals surface area (Å²) in [5.74, 6) is -1.99. The smallest absolute Gasteiger partial charge is 0.423 e. The van der Waals surface area contributed by atoms with E-state index in [2.05, 4.69) is 5.32 Å². The molecule has 0 aromatic heterocycles. The van der Waals surface area contributed by atoms with Crippen LogP contribution in [-0.2, 0) is 33.4 Å². The number of benzene rings is 1. The molecule has 11 nitrogen and oxygen atoms in total. The summed E-state index contributed by atoms with van der Waals surface area (Å²) in [5, 5.41) is 12.9. The summed E-state index contributed by atoms with van der Waals surface area (Å²) in [7, 11) is -3.95. The number of carbonyl (C=O) groups is 3. The molecule has 0 bridgehead atoms. The fourth-order valence-electron chi connectivity index (χ4n) is 2.39. The number of ether oxygens (including phenoxy) is 3. The summed E-state index contributed by atoms with van der Waals surface area (Å²) >= 11 is 0. The third kappa shape index (κ3) is 10.9. The van der Waals surface area contributed by atoms with Gasteiger partial charge in [-0.3, -0.25) is 8.98 Å². The molecular weight excluding hydrogens is 470 g/mol. The molecule has 192 valence electrons. The molecule has 34 heavy (non-hydrogen) atoms. The third-order valence-electron chi connectivity index (χ3n) is 4.45. The number of para-hydroxylation sites is 1. The highest BCUT2D eigenvalue weighted by Gasteiger charge is 2.38. The first-order valence-electron chi connectivity index (χ1n) is 10.7. The van der Waals surface area contributed by atoms with E-state index >= 15 is 0 Å². The molecule has 0 aliphatic rings. The predicted molar refractivity (Wildman–Crippen MR) is 121 cm³/mol. The Kier molecular flexibility index (Phi) is 11.4. The van der Waals surface area contributed by atoms with Crippen molar-refractivity contribution >= 4 is 28.1 Å². The van der Waals surface area contributed by atoms with E-state index in [1.54, 1.807) is 32.0 Å². The van der Waals surface area contributed by atoms with Crippen molar-refractivity contribution in [2.45, 2.75) is 53.4 Å². The zero-order chi connectivity index (χ0) is 25.9. The van der Waals surface area contributed by atoms with Crippen molar-refractivity contribution in [3.8, 4) is 5.75 Å². The minimum absolute atomic E-state index is 0.138. The predicted octanol–water partition coefficient (Wildman–Crippen LogP) is 1.99. The third-order valence-corrected chi connectivity index (χ3v) is 5.72. The monoisotopic (exact) mass is 503 g/mol. The SMILES string of the molecule is CC(=O)NCCCS(=O)(=O)OCC(C)(C)[C@@H](O)C(=O)OC(OC(=O)Oc1ccccc1)C(C)C. The molecule has 1 aromatic rings. The van der Waals surface area contributed by atoms with E-state index in [-0.39, 0.29) is 30.4 Å². The lowest BCUT2D eigenvalue weighted by molar-refractivity contribution is -0.192. The van der Waals surface area contributed by atoms with Crippen LogP contribution in [0.2, 0.25) is 0 Å². The molecule has 1 aromatic carbocycles.